The van der Waals surface area contributed by atoms with Crippen LogP contribution in [0.2, 0.25) is 0 Å². The Morgan fingerprint density at radius 3 is 2.52 bits per heavy atom. The monoisotopic (exact) mass is 364 g/mol. The summed E-state index contributed by atoms with van der Waals surface area (Å²) in [6, 6.07) is 17.9. The summed E-state index contributed by atoms with van der Waals surface area (Å²) in [5.74, 6) is -0.275. The van der Waals surface area contributed by atoms with Gasteiger partial charge in [-0.2, -0.15) is 0 Å². The maximum atomic E-state index is 13.4. The predicted molar refractivity (Wildman–Crippen MR) is 101 cm³/mol. The summed E-state index contributed by atoms with van der Waals surface area (Å²) in [5.41, 5.74) is 2.43. The Balaban J connectivity index is 1.85. The molecule has 0 saturated heterocycles. The molecule has 0 spiro atoms. The van der Waals surface area contributed by atoms with Gasteiger partial charge in [0.2, 0.25) is 0 Å². The van der Waals surface area contributed by atoms with Crippen LogP contribution in [0.5, 0.6) is 11.5 Å². The third-order valence-corrected chi connectivity index (χ3v) is 4.55. The fraction of sp³-hybridized carbons (Fsp3) is 0.0952. The average molecular weight is 364 g/mol. The number of phenolic OH excluding ortho intramolecular Hbond substituents is 1. The summed E-state index contributed by atoms with van der Waals surface area (Å²) in [6.45, 7) is 0. The van der Waals surface area contributed by atoms with E-state index in [0.717, 1.165) is 0 Å². The van der Waals surface area contributed by atoms with Gasteiger partial charge in [0.1, 0.15) is 12.0 Å². The van der Waals surface area contributed by atoms with E-state index in [9.17, 15) is 14.3 Å². The second-order valence-electron chi connectivity index (χ2n) is 6.18. The molecule has 5 nitrogen and oxygen atoms in total. The molecule has 0 fully saturated rings. The number of carbonyl (C=O) groups excluding carboxylic acids is 1. The quantitative estimate of drug-likeness (QED) is 0.727. The number of ether oxygens (including phenoxy) is 1. The van der Waals surface area contributed by atoms with Crippen LogP contribution in [0.15, 0.2) is 66.7 Å². The van der Waals surface area contributed by atoms with Crippen molar-refractivity contribution in [3.05, 3.63) is 83.7 Å². The van der Waals surface area contributed by atoms with Crippen molar-refractivity contribution in [3.8, 4) is 11.5 Å². The van der Waals surface area contributed by atoms with Crippen LogP contribution in [0.3, 0.4) is 0 Å². The Labute approximate surface area is 155 Å². The lowest BCUT2D eigenvalue weighted by Crippen LogP contribution is -2.43. The number of methoxy groups -OCH3 is 1. The lowest BCUT2D eigenvalue weighted by atomic mass is 10.0. The number of phenols is 1. The van der Waals surface area contributed by atoms with E-state index in [1.807, 2.05) is 12.1 Å². The number of carbonyl (C=O) groups is 1. The van der Waals surface area contributed by atoms with E-state index in [-0.39, 0.29) is 17.5 Å². The van der Waals surface area contributed by atoms with Gasteiger partial charge in [0.05, 0.1) is 12.7 Å². The van der Waals surface area contributed by atoms with E-state index in [0.29, 0.717) is 28.3 Å². The molecule has 27 heavy (non-hydrogen) atoms. The molecule has 0 radical (unpaired) electrons. The molecule has 0 aliphatic carbocycles. The number of anilines is 2. The molecule has 136 valence electrons. The molecule has 6 heteroatoms. The van der Waals surface area contributed by atoms with Gasteiger partial charge in [-0.1, -0.05) is 18.2 Å². The first-order valence-corrected chi connectivity index (χ1v) is 8.40. The topological polar surface area (TPSA) is 61.8 Å². The molecule has 0 saturated carbocycles. The molecule has 3 aromatic rings. The van der Waals surface area contributed by atoms with Crippen LogP contribution >= 0.6 is 0 Å². The van der Waals surface area contributed by atoms with Gasteiger partial charge in [-0.05, 0) is 54.1 Å². The van der Waals surface area contributed by atoms with Crippen molar-refractivity contribution in [2.24, 2.45) is 0 Å². The number of nitrogens with zero attached hydrogens (tertiary/aromatic N) is 1. The highest BCUT2D eigenvalue weighted by molar-refractivity contribution is 6.12. The largest absolute Gasteiger partial charge is 0.504 e. The number of hydrogen-bond donors (Lipinski definition) is 2. The number of amides is 1. The van der Waals surface area contributed by atoms with E-state index in [4.69, 9.17) is 4.74 Å². The molecular formula is C21H17FN2O3. The van der Waals surface area contributed by atoms with Gasteiger partial charge < -0.3 is 15.2 Å². The van der Waals surface area contributed by atoms with E-state index < -0.39 is 6.17 Å². The van der Waals surface area contributed by atoms with Crippen molar-refractivity contribution in [2.45, 2.75) is 6.17 Å². The van der Waals surface area contributed by atoms with Gasteiger partial charge in [0.25, 0.3) is 5.91 Å². The second kappa shape index (κ2) is 6.64. The maximum absolute atomic E-state index is 13.4. The molecule has 1 aliphatic rings. The van der Waals surface area contributed by atoms with E-state index >= 15 is 0 Å². The minimum Gasteiger partial charge on any atom is -0.504 e. The average Bonchev–Trinajstić information content (AvgIpc) is 2.69. The zero-order valence-corrected chi connectivity index (χ0v) is 14.5. The number of aromatic hydroxyl groups is 1. The number of halogens is 1. The van der Waals surface area contributed by atoms with Gasteiger partial charge in [-0.15, -0.1) is 0 Å². The number of nitrogens with one attached hydrogen (secondary N) is 1. The van der Waals surface area contributed by atoms with Gasteiger partial charge in [-0.3, -0.25) is 9.69 Å². The lowest BCUT2D eigenvalue weighted by molar-refractivity contribution is 0.0975. The van der Waals surface area contributed by atoms with Gasteiger partial charge in [-0.25, -0.2) is 4.39 Å². The number of fused-ring (bicyclic) bond motifs is 1. The number of hydrogen-bond acceptors (Lipinski definition) is 4. The summed E-state index contributed by atoms with van der Waals surface area (Å²) < 4.78 is 18.5. The fourth-order valence-electron chi connectivity index (χ4n) is 3.23. The third kappa shape index (κ3) is 2.95. The summed E-state index contributed by atoms with van der Waals surface area (Å²) in [5, 5.41) is 13.5. The lowest BCUT2D eigenvalue weighted by Gasteiger charge is -2.38. The molecule has 0 bridgehead atoms. The summed E-state index contributed by atoms with van der Waals surface area (Å²) in [7, 11) is 1.47. The number of rotatable bonds is 3. The smallest absolute Gasteiger partial charge is 0.262 e. The maximum Gasteiger partial charge on any atom is 0.262 e. The van der Waals surface area contributed by atoms with Gasteiger partial charge in [0, 0.05) is 11.4 Å². The van der Waals surface area contributed by atoms with E-state index in [1.54, 1.807) is 47.4 Å². The van der Waals surface area contributed by atoms with Gasteiger partial charge in [0.15, 0.2) is 11.5 Å². The zero-order chi connectivity index (χ0) is 19.0. The normalized spacial score (nSPS) is 15.9. The van der Waals surface area contributed by atoms with Crippen LogP contribution in [0.25, 0.3) is 0 Å². The summed E-state index contributed by atoms with van der Waals surface area (Å²) in [6.07, 6.45) is -0.574. The molecule has 1 atom stereocenters. The van der Waals surface area contributed by atoms with Crippen molar-refractivity contribution >= 4 is 17.3 Å². The predicted octanol–water partition coefficient (Wildman–Crippen LogP) is 4.31. The molecule has 1 aliphatic heterocycles. The van der Waals surface area contributed by atoms with Crippen molar-refractivity contribution in [1.29, 1.82) is 0 Å². The van der Waals surface area contributed by atoms with Gasteiger partial charge >= 0.3 is 0 Å². The van der Waals surface area contributed by atoms with Crippen LogP contribution < -0.4 is 15.0 Å². The molecule has 4 rings (SSSR count). The molecule has 1 heterocycles. The molecule has 0 aromatic heterocycles. The first-order chi connectivity index (χ1) is 13.1. The van der Waals surface area contributed by atoms with E-state index in [2.05, 4.69) is 5.32 Å². The molecule has 3 aromatic carbocycles. The Hall–Kier alpha value is -3.54. The minimum atomic E-state index is -0.574. The Kier molecular flexibility index (Phi) is 4.16. The molecule has 0 unspecified atom stereocenters. The Bertz CT molecular complexity index is 1000. The summed E-state index contributed by atoms with van der Waals surface area (Å²) in [4.78, 5) is 14.7. The SMILES string of the molecule is COc1ccc([C@@H]2Nc3ccccc3C(=O)N2c2ccc(F)cc2)cc1O. The summed E-state index contributed by atoms with van der Waals surface area (Å²) >= 11 is 0. The first kappa shape index (κ1) is 16.9. The highest BCUT2D eigenvalue weighted by Gasteiger charge is 2.34. The Morgan fingerprint density at radius 1 is 1.07 bits per heavy atom. The molecule has 1 amide bonds. The Morgan fingerprint density at radius 2 is 1.81 bits per heavy atom. The van der Waals surface area contributed by atoms with Crippen LogP contribution in [-0.2, 0) is 0 Å². The highest BCUT2D eigenvalue weighted by Crippen LogP contribution is 2.38. The van der Waals surface area contributed by atoms with Crippen LogP contribution in [0, 0.1) is 5.82 Å². The van der Waals surface area contributed by atoms with Crippen LogP contribution in [0.1, 0.15) is 22.1 Å². The molecular weight excluding hydrogens is 347 g/mol. The van der Waals surface area contributed by atoms with Crippen LogP contribution in [-0.4, -0.2) is 18.1 Å². The fourth-order valence-corrected chi connectivity index (χ4v) is 3.23. The second-order valence-corrected chi connectivity index (χ2v) is 6.18. The van der Waals surface area contributed by atoms with E-state index in [1.165, 1.54) is 19.2 Å². The highest BCUT2D eigenvalue weighted by atomic mass is 19.1. The molecule has 2 N–H and O–H groups in total. The van der Waals surface area contributed by atoms with Crippen molar-refractivity contribution < 1.29 is 19.0 Å². The van der Waals surface area contributed by atoms with Crippen molar-refractivity contribution in [2.75, 3.05) is 17.3 Å². The number of benzene rings is 3. The standard InChI is InChI=1S/C21H17FN2O3/c1-27-19-11-6-13(12-18(19)25)20-23-17-5-3-2-4-16(17)21(26)24(20)15-9-7-14(22)8-10-15/h2-12,20,23,25H,1H3/t20-/m1/s1. The third-order valence-electron chi connectivity index (χ3n) is 4.55. The van der Waals surface area contributed by atoms with Crippen molar-refractivity contribution in [3.63, 3.8) is 0 Å². The van der Waals surface area contributed by atoms with Crippen LogP contribution in [0.4, 0.5) is 15.8 Å². The number of para-hydroxylation sites is 1. The minimum absolute atomic E-state index is 0.0258. The van der Waals surface area contributed by atoms with Crippen molar-refractivity contribution in [1.82, 2.24) is 0 Å². The zero-order valence-electron chi connectivity index (χ0n) is 14.5. The first-order valence-electron chi connectivity index (χ1n) is 8.40.